The molecule has 1 saturated carbocycles. The van der Waals surface area contributed by atoms with Crippen molar-refractivity contribution in [3.05, 3.63) is 11.8 Å². The van der Waals surface area contributed by atoms with Crippen molar-refractivity contribution in [2.24, 2.45) is 11.8 Å². The summed E-state index contributed by atoms with van der Waals surface area (Å²) in [5.41, 5.74) is -1.43. The molecule has 0 spiro atoms. The summed E-state index contributed by atoms with van der Waals surface area (Å²) in [7, 11) is 1.21. The zero-order chi connectivity index (χ0) is 20.6. The molecule has 0 aromatic carbocycles. The number of methoxy groups -OCH3 is 1. The van der Waals surface area contributed by atoms with Crippen LogP contribution >= 0.6 is 0 Å². The number of rotatable bonds is 5. The third kappa shape index (κ3) is 3.53. The minimum Gasteiger partial charge on any atom is -0.471 e. The maximum absolute atomic E-state index is 12.0. The summed E-state index contributed by atoms with van der Waals surface area (Å²) in [5.74, 6) is -2.05. The van der Waals surface area contributed by atoms with Crippen LogP contribution in [0.25, 0.3) is 0 Å². The molecule has 1 aliphatic carbocycles. The Bertz CT molecular complexity index is 608. The Kier molecular flexibility index (Phi) is 6.27. The fourth-order valence-corrected chi connectivity index (χ4v) is 4.16. The van der Waals surface area contributed by atoms with Gasteiger partial charge >= 0.3 is 5.97 Å². The lowest BCUT2D eigenvalue weighted by atomic mass is 9.80. The number of hydrogen-bond acceptors (Lipinski definition) is 11. The van der Waals surface area contributed by atoms with Crippen LogP contribution in [0.1, 0.15) is 12.8 Å². The SMILES string of the molecule is COC(=O)C1=CO[C@@H](O[C@H]2O[C@@H](CO)[C@H](O)[C@@H](O)[C@@H]2O)[C@H]2[C@@H]1CC[C@]2(O)CO. The second-order valence-electron chi connectivity index (χ2n) is 7.34. The van der Waals surface area contributed by atoms with Gasteiger partial charge in [0.2, 0.25) is 6.29 Å². The minimum atomic E-state index is -1.66. The Balaban J connectivity index is 1.84. The molecular weight excluding hydrogens is 380 g/mol. The highest BCUT2D eigenvalue weighted by atomic mass is 16.8. The van der Waals surface area contributed by atoms with Crippen LogP contribution in [0.4, 0.5) is 0 Å². The zero-order valence-electron chi connectivity index (χ0n) is 15.2. The van der Waals surface area contributed by atoms with Crippen molar-refractivity contribution in [1.29, 1.82) is 0 Å². The Morgan fingerprint density at radius 3 is 2.54 bits per heavy atom. The van der Waals surface area contributed by atoms with Gasteiger partial charge in [-0.25, -0.2) is 4.79 Å². The maximum atomic E-state index is 12.0. The Hall–Kier alpha value is -1.31. The first-order valence-electron chi connectivity index (χ1n) is 9.00. The highest BCUT2D eigenvalue weighted by molar-refractivity contribution is 5.89. The van der Waals surface area contributed by atoms with Crippen LogP contribution in [0, 0.1) is 11.8 Å². The van der Waals surface area contributed by atoms with Crippen molar-refractivity contribution in [2.45, 2.75) is 55.4 Å². The third-order valence-electron chi connectivity index (χ3n) is 5.78. The van der Waals surface area contributed by atoms with Crippen LogP contribution in [-0.4, -0.2) is 99.5 Å². The molecule has 6 N–H and O–H groups in total. The number of esters is 1. The fourth-order valence-electron chi connectivity index (χ4n) is 4.16. The molecule has 3 aliphatic rings. The quantitative estimate of drug-likeness (QED) is 0.256. The molecule has 2 heterocycles. The van der Waals surface area contributed by atoms with Crippen LogP contribution in [0.15, 0.2) is 11.8 Å². The number of aliphatic hydroxyl groups is 6. The topological polar surface area (TPSA) is 175 Å². The van der Waals surface area contributed by atoms with Crippen molar-refractivity contribution < 1.29 is 54.4 Å². The molecule has 0 unspecified atom stereocenters. The molecule has 0 aromatic heterocycles. The van der Waals surface area contributed by atoms with Crippen molar-refractivity contribution in [1.82, 2.24) is 0 Å². The summed E-state index contributed by atoms with van der Waals surface area (Å²) in [4.78, 5) is 12.0. The molecule has 1 saturated heterocycles. The molecule has 11 nitrogen and oxygen atoms in total. The van der Waals surface area contributed by atoms with Gasteiger partial charge in [-0.2, -0.15) is 0 Å². The second kappa shape index (κ2) is 8.20. The summed E-state index contributed by atoms with van der Waals surface area (Å²) in [6, 6.07) is 0. The van der Waals surface area contributed by atoms with Gasteiger partial charge < -0.3 is 49.6 Å². The van der Waals surface area contributed by atoms with E-state index in [9.17, 15) is 35.4 Å². The van der Waals surface area contributed by atoms with Gasteiger partial charge in [-0.05, 0) is 12.8 Å². The molecule has 3 rings (SSSR count). The first-order chi connectivity index (χ1) is 13.3. The number of carbonyl (C=O) groups excluding carboxylic acids is 1. The van der Waals surface area contributed by atoms with E-state index in [0.717, 1.165) is 6.26 Å². The fraction of sp³-hybridized carbons (Fsp3) is 0.824. The predicted octanol–water partition coefficient (Wildman–Crippen LogP) is -3.03. The number of hydrogen-bond donors (Lipinski definition) is 6. The normalized spacial score (nSPS) is 45.8. The van der Waals surface area contributed by atoms with Crippen molar-refractivity contribution in [3.63, 3.8) is 0 Å². The molecule has 0 radical (unpaired) electrons. The maximum Gasteiger partial charge on any atom is 0.337 e. The van der Waals surface area contributed by atoms with Crippen LogP contribution in [-0.2, 0) is 23.7 Å². The Labute approximate surface area is 160 Å². The average Bonchev–Trinajstić information content (AvgIpc) is 3.06. The molecule has 0 bridgehead atoms. The first-order valence-corrected chi connectivity index (χ1v) is 9.00. The summed E-state index contributed by atoms with van der Waals surface area (Å²) in [6.45, 7) is -1.24. The van der Waals surface area contributed by atoms with E-state index < -0.39 is 73.6 Å². The minimum absolute atomic E-state index is 0.172. The van der Waals surface area contributed by atoms with E-state index in [1.54, 1.807) is 0 Å². The lowest BCUT2D eigenvalue weighted by molar-refractivity contribution is -0.347. The van der Waals surface area contributed by atoms with Gasteiger partial charge in [0.25, 0.3) is 0 Å². The molecule has 0 amide bonds. The lowest BCUT2D eigenvalue weighted by Gasteiger charge is -2.44. The van der Waals surface area contributed by atoms with Crippen molar-refractivity contribution in [3.8, 4) is 0 Å². The van der Waals surface area contributed by atoms with E-state index in [2.05, 4.69) is 0 Å². The van der Waals surface area contributed by atoms with Crippen LogP contribution in [0.5, 0.6) is 0 Å². The van der Waals surface area contributed by atoms with E-state index in [4.69, 9.17) is 18.9 Å². The second-order valence-corrected chi connectivity index (χ2v) is 7.34. The predicted molar refractivity (Wildman–Crippen MR) is 88.1 cm³/mol. The number of aliphatic hydroxyl groups excluding tert-OH is 5. The van der Waals surface area contributed by atoms with Gasteiger partial charge in [0.05, 0.1) is 43.7 Å². The van der Waals surface area contributed by atoms with E-state index in [1.165, 1.54) is 7.11 Å². The smallest absolute Gasteiger partial charge is 0.337 e. The van der Waals surface area contributed by atoms with Crippen LogP contribution < -0.4 is 0 Å². The first kappa shape index (κ1) is 21.4. The molecule has 28 heavy (non-hydrogen) atoms. The van der Waals surface area contributed by atoms with E-state index in [0.29, 0.717) is 6.42 Å². The molecule has 9 atom stereocenters. The largest absolute Gasteiger partial charge is 0.471 e. The Morgan fingerprint density at radius 1 is 1.21 bits per heavy atom. The van der Waals surface area contributed by atoms with Crippen LogP contribution in [0.2, 0.25) is 0 Å². The molecule has 160 valence electrons. The van der Waals surface area contributed by atoms with E-state index in [-0.39, 0.29) is 12.0 Å². The lowest BCUT2D eigenvalue weighted by Crippen LogP contribution is -2.61. The van der Waals surface area contributed by atoms with Gasteiger partial charge in [0.1, 0.15) is 24.4 Å². The molecule has 0 aromatic rings. The van der Waals surface area contributed by atoms with Gasteiger partial charge in [-0.1, -0.05) is 0 Å². The molecule has 11 heteroatoms. The number of fused-ring (bicyclic) bond motifs is 1. The molecule has 2 fully saturated rings. The monoisotopic (exact) mass is 406 g/mol. The van der Waals surface area contributed by atoms with Gasteiger partial charge in [-0.3, -0.25) is 0 Å². The summed E-state index contributed by atoms with van der Waals surface area (Å²) >= 11 is 0. The van der Waals surface area contributed by atoms with Crippen molar-refractivity contribution in [2.75, 3.05) is 20.3 Å². The van der Waals surface area contributed by atoms with Crippen molar-refractivity contribution >= 4 is 5.97 Å². The molecule has 2 aliphatic heterocycles. The van der Waals surface area contributed by atoms with Gasteiger partial charge in [0.15, 0.2) is 6.29 Å². The number of ether oxygens (including phenoxy) is 4. The number of carbonyl (C=O) groups is 1. The van der Waals surface area contributed by atoms with E-state index in [1.807, 2.05) is 0 Å². The van der Waals surface area contributed by atoms with Gasteiger partial charge in [-0.15, -0.1) is 0 Å². The highest BCUT2D eigenvalue weighted by Gasteiger charge is 2.57. The summed E-state index contributed by atoms with van der Waals surface area (Å²) < 4.78 is 21.1. The van der Waals surface area contributed by atoms with E-state index >= 15 is 0 Å². The summed E-state index contributed by atoms with van der Waals surface area (Å²) in [5, 5.41) is 59.7. The third-order valence-corrected chi connectivity index (χ3v) is 5.78. The standard InChI is InChI=1S/C17H26O11/c1-25-14(23)8-5-26-15(10-7(8)2-3-17(10,24)6-19)28-16-13(22)12(21)11(20)9(4-18)27-16/h5,7,9-13,15-16,18-22,24H,2-4,6H2,1H3/t7-,9+,10-,11+,12-,13+,15+,16-,17+/m1/s1. The highest BCUT2D eigenvalue weighted by Crippen LogP contribution is 2.49. The van der Waals surface area contributed by atoms with Crippen LogP contribution in [0.3, 0.4) is 0 Å². The average molecular weight is 406 g/mol. The summed E-state index contributed by atoms with van der Waals surface area (Å²) in [6.07, 6.45) is -7.07. The zero-order valence-corrected chi connectivity index (χ0v) is 15.2. The molecular formula is C17H26O11. The van der Waals surface area contributed by atoms with Gasteiger partial charge in [0, 0.05) is 5.92 Å². The Morgan fingerprint density at radius 2 is 1.93 bits per heavy atom.